The molecule has 0 saturated heterocycles. The Kier molecular flexibility index (Phi) is 4.67. The normalized spacial score (nSPS) is 11.9. The van der Waals surface area contributed by atoms with Crippen LogP contribution in [0.15, 0.2) is 30.3 Å². The molecule has 4 rings (SSSR count). The Morgan fingerprint density at radius 1 is 1.30 bits per heavy atom. The van der Waals surface area contributed by atoms with Gasteiger partial charge < -0.3 is 9.47 Å². The summed E-state index contributed by atoms with van der Waals surface area (Å²) in [5, 5.41) is 3.16. The maximum Gasteiger partial charge on any atom is 0.350 e. The van der Waals surface area contributed by atoms with E-state index in [1.54, 1.807) is 13.8 Å². The van der Waals surface area contributed by atoms with Crippen molar-refractivity contribution < 1.29 is 19.1 Å². The summed E-state index contributed by atoms with van der Waals surface area (Å²) in [4.78, 5) is 30.9. The topological polar surface area (TPSA) is 77.5 Å². The molecule has 0 radical (unpaired) electrons. The van der Waals surface area contributed by atoms with E-state index in [2.05, 4.69) is 10.3 Å². The number of fused-ring (bicyclic) bond motifs is 3. The van der Waals surface area contributed by atoms with Crippen molar-refractivity contribution in [3.63, 3.8) is 0 Å². The Hall–Kier alpha value is -2.71. The van der Waals surface area contributed by atoms with Crippen LogP contribution in [0.2, 0.25) is 0 Å². The molecule has 0 saturated carbocycles. The molecular formula is C19H16N2O4S2. The monoisotopic (exact) mass is 400 g/mol. The van der Waals surface area contributed by atoms with Gasteiger partial charge in [-0.3, -0.25) is 10.1 Å². The predicted octanol–water partition coefficient (Wildman–Crippen LogP) is 4.50. The third-order valence-electron chi connectivity index (χ3n) is 4.03. The van der Waals surface area contributed by atoms with E-state index in [0.29, 0.717) is 33.8 Å². The molecule has 0 unspecified atom stereocenters. The van der Waals surface area contributed by atoms with Gasteiger partial charge in [0.2, 0.25) is 0 Å². The van der Waals surface area contributed by atoms with Crippen molar-refractivity contribution in [2.75, 3.05) is 11.9 Å². The first-order valence-electron chi connectivity index (χ1n) is 8.37. The highest BCUT2D eigenvalue weighted by molar-refractivity contribution is 7.19. The lowest BCUT2D eigenvalue weighted by Crippen LogP contribution is -2.09. The van der Waals surface area contributed by atoms with Crippen molar-refractivity contribution in [3.05, 3.63) is 51.3 Å². The Bertz CT molecular complexity index is 1040. The van der Waals surface area contributed by atoms with Crippen LogP contribution >= 0.6 is 22.7 Å². The maximum absolute atomic E-state index is 12.7. The SMILES string of the molecule is CCOC(=O)c1sc(NC(=O)c2cc3c(s2)-c2ccccc2OC3)nc1C. The van der Waals surface area contributed by atoms with Crippen molar-refractivity contribution >= 4 is 39.7 Å². The third-order valence-corrected chi connectivity index (χ3v) is 6.29. The first-order valence-corrected chi connectivity index (χ1v) is 10.0. The quantitative estimate of drug-likeness (QED) is 0.653. The number of esters is 1. The Morgan fingerprint density at radius 2 is 2.11 bits per heavy atom. The van der Waals surface area contributed by atoms with Crippen LogP contribution < -0.4 is 10.1 Å². The number of ether oxygens (including phenoxy) is 2. The highest BCUT2D eigenvalue weighted by Crippen LogP contribution is 2.42. The van der Waals surface area contributed by atoms with Crippen molar-refractivity contribution in [1.29, 1.82) is 0 Å². The molecule has 8 heteroatoms. The molecule has 0 spiro atoms. The summed E-state index contributed by atoms with van der Waals surface area (Å²) in [6.45, 7) is 4.20. The molecule has 0 aliphatic carbocycles. The zero-order valence-electron chi connectivity index (χ0n) is 14.7. The van der Waals surface area contributed by atoms with Crippen LogP contribution in [-0.4, -0.2) is 23.5 Å². The first kappa shape index (κ1) is 17.7. The van der Waals surface area contributed by atoms with E-state index < -0.39 is 5.97 Å². The van der Waals surface area contributed by atoms with Gasteiger partial charge in [-0.2, -0.15) is 0 Å². The van der Waals surface area contributed by atoms with E-state index in [9.17, 15) is 9.59 Å². The number of hydrogen-bond acceptors (Lipinski definition) is 7. The van der Waals surface area contributed by atoms with Crippen molar-refractivity contribution in [2.24, 2.45) is 0 Å². The summed E-state index contributed by atoms with van der Waals surface area (Å²) in [7, 11) is 0. The van der Waals surface area contributed by atoms with Crippen LogP contribution in [0, 0.1) is 6.92 Å². The number of aryl methyl sites for hydroxylation is 1. The fourth-order valence-electron chi connectivity index (χ4n) is 2.81. The molecule has 0 bridgehead atoms. The van der Waals surface area contributed by atoms with E-state index in [1.807, 2.05) is 30.3 Å². The first-order chi connectivity index (χ1) is 13.1. The van der Waals surface area contributed by atoms with Crippen LogP contribution in [0.3, 0.4) is 0 Å². The number of rotatable bonds is 4. The predicted molar refractivity (Wildman–Crippen MR) is 105 cm³/mol. The lowest BCUT2D eigenvalue weighted by atomic mass is 10.1. The number of carbonyl (C=O) groups is 2. The fraction of sp³-hybridized carbons (Fsp3) is 0.211. The van der Waals surface area contributed by atoms with Gasteiger partial charge in [-0.05, 0) is 32.0 Å². The average Bonchev–Trinajstić information content (AvgIpc) is 3.25. The lowest BCUT2D eigenvalue weighted by molar-refractivity contribution is 0.0531. The van der Waals surface area contributed by atoms with Gasteiger partial charge >= 0.3 is 5.97 Å². The summed E-state index contributed by atoms with van der Waals surface area (Å²) in [6, 6.07) is 9.63. The van der Waals surface area contributed by atoms with E-state index in [-0.39, 0.29) is 5.91 Å². The zero-order valence-corrected chi connectivity index (χ0v) is 16.3. The molecule has 0 fully saturated rings. The Morgan fingerprint density at radius 3 is 2.93 bits per heavy atom. The number of nitrogens with zero attached hydrogens (tertiary/aromatic N) is 1. The number of aromatic nitrogens is 1. The average molecular weight is 400 g/mol. The molecule has 6 nitrogen and oxygen atoms in total. The van der Waals surface area contributed by atoms with Crippen molar-refractivity contribution in [1.82, 2.24) is 4.98 Å². The molecule has 1 aromatic carbocycles. The van der Waals surface area contributed by atoms with Gasteiger partial charge in [0.15, 0.2) is 5.13 Å². The maximum atomic E-state index is 12.7. The van der Waals surface area contributed by atoms with Crippen molar-refractivity contribution in [3.8, 4) is 16.2 Å². The number of anilines is 1. The number of carbonyl (C=O) groups excluding carboxylic acids is 2. The molecule has 3 heterocycles. The van der Waals surface area contributed by atoms with Crippen LogP contribution in [0.5, 0.6) is 5.75 Å². The Labute approximate surface area is 163 Å². The molecule has 1 aliphatic heterocycles. The zero-order chi connectivity index (χ0) is 19.0. The van der Waals surface area contributed by atoms with Crippen LogP contribution in [0.4, 0.5) is 5.13 Å². The minimum absolute atomic E-state index is 0.254. The minimum Gasteiger partial charge on any atom is -0.488 e. The standard InChI is InChI=1S/C19H16N2O4S2/c1-3-24-18(23)15-10(2)20-19(27-15)21-17(22)14-8-11-9-25-13-7-5-4-6-12(13)16(11)26-14/h4-8H,3,9H2,1-2H3,(H,20,21,22). The molecule has 1 aliphatic rings. The van der Waals surface area contributed by atoms with Gasteiger partial charge in [-0.15, -0.1) is 11.3 Å². The van der Waals surface area contributed by atoms with Crippen LogP contribution in [-0.2, 0) is 11.3 Å². The van der Waals surface area contributed by atoms with E-state index in [4.69, 9.17) is 9.47 Å². The molecular weight excluding hydrogens is 384 g/mol. The molecule has 0 atom stereocenters. The van der Waals surface area contributed by atoms with Gasteiger partial charge in [-0.25, -0.2) is 9.78 Å². The Balaban J connectivity index is 1.56. The van der Waals surface area contributed by atoms with Gasteiger partial charge in [0, 0.05) is 16.0 Å². The molecule has 1 amide bonds. The molecule has 27 heavy (non-hydrogen) atoms. The number of amides is 1. The second-order valence-corrected chi connectivity index (χ2v) is 7.91. The number of para-hydroxylation sites is 1. The van der Waals surface area contributed by atoms with Gasteiger partial charge in [0.1, 0.15) is 17.2 Å². The summed E-state index contributed by atoms with van der Waals surface area (Å²) in [5.74, 6) is 0.151. The van der Waals surface area contributed by atoms with E-state index in [1.165, 1.54) is 11.3 Å². The molecule has 1 N–H and O–H groups in total. The van der Waals surface area contributed by atoms with Crippen LogP contribution in [0.25, 0.3) is 10.4 Å². The van der Waals surface area contributed by atoms with E-state index in [0.717, 1.165) is 33.1 Å². The van der Waals surface area contributed by atoms with Crippen LogP contribution in [0.1, 0.15) is 37.5 Å². The summed E-state index contributed by atoms with van der Waals surface area (Å²) < 4.78 is 10.7. The van der Waals surface area contributed by atoms with Crippen molar-refractivity contribution in [2.45, 2.75) is 20.5 Å². The number of hydrogen-bond donors (Lipinski definition) is 1. The van der Waals surface area contributed by atoms with Gasteiger partial charge in [0.25, 0.3) is 5.91 Å². The fourth-order valence-corrected chi connectivity index (χ4v) is 4.75. The smallest absolute Gasteiger partial charge is 0.350 e. The summed E-state index contributed by atoms with van der Waals surface area (Å²) >= 11 is 2.54. The second-order valence-electron chi connectivity index (χ2n) is 5.86. The number of thiophene rings is 1. The second kappa shape index (κ2) is 7.13. The van der Waals surface area contributed by atoms with Gasteiger partial charge in [-0.1, -0.05) is 23.5 Å². The molecule has 3 aromatic rings. The number of benzene rings is 1. The summed E-state index contributed by atoms with van der Waals surface area (Å²) in [6.07, 6.45) is 0. The van der Waals surface area contributed by atoms with E-state index >= 15 is 0 Å². The summed E-state index contributed by atoms with van der Waals surface area (Å²) in [5.41, 5.74) is 2.53. The number of thiazole rings is 1. The lowest BCUT2D eigenvalue weighted by Gasteiger charge is -2.16. The third kappa shape index (κ3) is 3.33. The molecule has 138 valence electrons. The highest BCUT2D eigenvalue weighted by atomic mass is 32.1. The number of nitrogens with one attached hydrogen (secondary N) is 1. The largest absolute Gasteiger partial charge is 0.488 e. The minimum atomic E-state index is -0.423. The van der Waals surface area contributed by atoms with Gasteiger partial charge in [0.05, 0.1) is 17.2 Å². The molecule has 2 aromatic heterocycles. The highest BCUT2D eigenvalue weighted by Gasteiger charge is 2.23.